The molecule has 1 aromatic heterocycles. The zero-order valence-corrected chi connectivity index (χ0v) is 19.6. The van der Waals surface area contributed by atoms with Crippen molar-refractivity contribution < 1.29 is 4.52 Å². The summed E-state index contributed by atoms with van der Waals surface area (Å²) in [6.07, 6.45) is 8.19. The Morgan fingerprint density at radius 2 is 1.81 bits per heavy atom. The maximum Gasteiger partial charge on any atom is 0.194 e. The second-order valence-corrected chi connectivity index (χ2v) is 9.50. The van der Waals surface area contributed by atoms with E-state index < -0.39 is 0 Å². The summed E-state index contributed by atoms with van der Waals surface area (Å²) < 4.78 is 4.98. The molecule has 3 aliphatic rings. The fraction of sp³-hybridized carbons (Fsp3) is 0.826. The van der Waals surface area contributed by atoms with Gasteiger partial charge in [0.05, 0.1) is 12.2 Å². The molecule has 0 radical (unpaired) electrons. The summed E-state index contributed by atoms with van der Waals surface area (Å²) in [4.78, 5) is 15.4. The van der Waals surface area contributed by atoms with E-state index >= 15 is 0 Å². The summed E-state index contributed by atoms with van der Waals surface area (Å²) in [7, 11) is 2.26. The predicted molar refractivity (Wildman–Crippen MR) is 124 cm³/mol. The van der Waals surface area contributed by atoms with Crippen molar-refractivity contribution in [3.63, 3.8) is 0 Å². The maximum absolute atomic E-state index is 5.26. The van der Waals surface area contributed by atoms with Gasteiger partial charge in [0.2, 0.25) is 0 Å². The van der Waals surface area contributed by atoms with E-state index in [0.717, 1.165) is 57.5 Å². The number of rotatable bonds is 6. The summed E-state index contributed by atoms with van der Waals surface area (Å²) in [6, 6.07) is 1.96. The van der Waals surface area contributed by atoms with Crippen molar-refractivity contribution >= 4 is 5.96 Å². The highest BCUT2D eigenvalue weighted by atomic mass is 16.5. The third-order valence-electron chi connectivity index (χ3n) is 7.35. The van der Waals surface area contributed by atoms with Crippen LogP contribution in [0.5, 0.6) is 0 Å². The normalized spacial score (nSPS) is 24.5. The van der Waals surface area contributed by atoms with Gasteiger partial charge >= 0.3 is 0 Å². The molecule has 3 saturated heterocycles. The number of piperazine rings is 1. The molecule has 1 aromatic rings. The van der Waals surface area contributed by atoms with E-state index in [2.05, 4.69) is 44.0 Å². The van der Waals surface area contributed by atoms with Crippen LogP contribution in [0, 0.1) is 0 Å². The summed E-state index contributed by atoms with van der Waals surface area (Å²) in [6.45, 7) is 13.8. The highest BCUT2D eigenvalue weighted by Gasteiger charge is 2.39. The molecule has 3 fully saturated rings. The SMILES string of the molecule is CCNC(=NCC1(N2CCCCC2)CCN(C)CC1)N1CCN(Cc2ccon2)CC1. The second-order valence-electron chi connectivity index (χ2n) is 9.50. The van der Waals surface area contributed by atoms with Crippen molar-refractivity contribution in [3.05, 3.63) is 18.0 Å². The molecule has 0 atom stereocenters. The third kappa shape index (κ3) is 5.79. The fourth-order valence-corrected chi connectivity index (χ4v) is 5.29. The first kappa shape index (κ1) is 22.6. The van der Waals surface area contributed by atoms with Crippen LogP contribution in [-0.2, 0) is 6.54 Å². The van der Waals surface area contributed by atoms with Crippen LogP contribution >= 0.6 is 0 Å². The molecule has 1 N–H and O–H groups in total. The number of aliphatic imine (C=N–C) groups is 1. The lowest BCUT2D eigenvalue weighted by Crippen LogP contribution is -2.59. The Kier molecular flexibility index (Phi) is 7.85. The van der Waals surface area contributed by atoms with Gasteiger partial charge in [0, 0.05) is 50.9 Å². The molecule has 174 valence electrons. The predicted octanol–water partition coefficient (Wildman–Crippen LogP) is 1.71. The van der Waals surface area contributed by atoms with E-state index in [0.29, 0.717) is 0 Å². The first-order valence-electron chi connectivity index (χ1n) is 12.3. The van der Waals surface area contributed by atoms with Crippen LogP contribution in [0.2, 0.25) is 0 Å². The van der Waals surface area contributed by atoms with Gasteiger partial charge in [-0.1, -0.05) is 11.6 Å². The Morgan fingerprint density at radius 3 is 2.45 bits per heavy atom. The molecule has 0 bridgehead atoms. The monoisotopic (exact) mass is 431 g/mol. The fourth-order valence-electron chi connectivity index (χ4n) is 5.29. The van der Waals surface area contributed by atoms with Crippen LogP contribution in [0.3, 0.4) is 0 Å². The largest absolute Gasteiger partial charge is 0.364 e. The summed E-state index contributed by atoms with van der Waals surface area (Å²) in [5.74, 6) is 1.10. The summed E-state index contributed by atoms with van der Waals surface area (Å²) >= 11 is 0. The Bertz CT molecular complexity index is 670. The minimum atomic E-state index is 0.238. The standard InChI is InChI=1S/C23H41N7O/c1-3-24-22(29-16-14-28(15-17-29)19-21-7-18-31-26-21)25-20-23(8-12-27(2)13-9-23)30-10-5-4-6-11-30/h7,18H,3-6,8-17,19-20H2,1-2H3,(H,24,25). The zero-order valence-electron chi connectivity index (χ0n) is 19.6. The van der Waals surface area contributed by atoms with Crippen LogP contribution in [0.1, 0.15) is 44.7 Å². The number of hydrogen-bond acceptors (Lipinski definition) is 6. The highest BCUT2D eigenvalue weighted by Crippen LogP contribution is 2.31. The maximum atomic E-state index is 5.26. The van der Waals surface area contributed by atoms with Gasteiger partial charge in [0.25, 0.3) is 0 Å². The summed E-state index contributed by atoms with van der Waals surface area (Å²) in [5, 5.41) is 7.64. The van der Waals surface area contributed by atoms with E-state index in [1.807, 2.05) is 6.07 Å². The number of nitrogens with zero attached hydrogens (tertiary/aromatic N) is 6. The lowest BCUT2D eigenvalue weighted by atomic mass is 9.84. The van der Waals surface area contributed by atoms with Gasteiger partial charge in [0.15, 0.2) is 5.96 Å². The second kappa shape index (κ2) is 10.8. The van der Waals surface area contributed by atoms with Crippen LogP contribution in [0.25, 0.3) is 0 Å². The quantitative estimate of drug-likeness (QED) is 0.543. The molecule has 0 unspecified atom stereocenters. The lowest BCUT2D eigenvalue weighted by Gasteiger charge is -2.49. The number of hydrogen-bond donors (Lipinski definition) is 1. The van der Waals surface area contributed by atoms with Crippen molar-refractivity contribution in [1.29, 1.82) is 0 Å². The minimum Gasteiger partial charge on any atom is -0.364 e. The number of likely N-dealkylation sites (tertiary alicyclic amines) is 2. The Morgan fingerprint density at radius 1 is 1.06 bits per heavy atom. The molecule has 3 aliphatic heterocycles. The molecule has 0 saturated carbocycles. The highest BCUT2D eigenvalue weighted by molar-refractivity contribution is 5.80. The smallest absolute Gasteiger partial charge is 0.194 e. The first-order valence-corrected chi connectivity index (χ1v) is 12.3. The minimum absolute atomic E-state index is 0.238. The zero-order chi connectivity index (χ0) is 21.5. The lowest BCUT2D eigenvalue weighted by molar-refractivity contribution is 0.0205. The van der Waals surface area contributed by atoms with E-state index in [9.17, 15) is 0 Å². The molecule has 0 spiro atoms. The van der Waals surface area contributed by atoms with Crippen molar-refractivity contribution in [2.45, 2.75) is 51.1 Å². The topological polar surface area (TPSA) is 63.4 Å². The van der Waals surface area contributed by atoms with Gasteiger partial charge in [-0.15, -0.1) is 0 Å². The van der Waals surface area contributed by atoms with Gasteiger partial charge in [-0.05, 0) is 65.8 Å². The van der Waals surface area contributed by atoms with Gasteiger partial charge < -0.3 is 19.6 Å². The molecule has 0 aliphatic carbocycles. The molecular weight excluding hydrogens is 390 g/mol. The van der Waals surface area contributed by atoms with Crippen molar-refractivity contribution in [2.24, 2.45) is 4.99 Å². The van der Waals surface area contributed by atoms with E-state index in [4.69, 9.17) is 9.52 Å². The average Bonchev–Trinajstić information content (AvgIpc) is 3.32. The first-order chi connectivity index (χ1) is 15.2. The van der Waals surface area contributed by atoms with Crippen molar-refractivity contribution in [3.8, 4) is 0 Å². The molecule has 0 amide bonds. The van der Waals surface area contributed by atoms with Crippen LogP contribution in [0.15, 0.2) is 21.8 Å². The average molecular weight is 432 g/mol. The molecule has 8 nitrogen and oxygen atoms in total. The van der Waals surface area contributed by atoms with Crippen LogP contribution < -0.4 is 5.32 Å². The molecule has 4 rings (SSSR count). The van der Waals surface area contributed by atoms with E-state index in [-0.39, 0.29) is 5.54 Å². The molecule has 0 aromatic carbocycles. The van der Waals surface area contributed by atoms with E-state index in [1.165, 1.54) is 58.3 Å². The van der Waals surface area contributed by atoms with Gasteiger partial charge in [-0.2, -0.15) is 0 Å². The van der Waals surface area contributed by atoms with Crippen LogP contribution in [-0.4, -0.2) is 109 Å². The molecule has 31 heavy (non-hydrogen) atoms. The van der Waals surface area contributed by atoms with Crippen LogP contribution in [0.4, 0.5) is 0 Å². The summed E-state index contributed by atoms with van der Waals surface area (Å²) in [5.41, 5.74) is 1.25. The Labute approximate surface area is 187 Å². The van der Waals surface area contributed by atoms with Crippen molar-refractivity contribution in [2.75, 3.05) is 72.5 Å². The Balaban J connectivity index is 1.39. The van der Waals surface area contributed by atoms with Gasteiger partial charge in [0.1, 0.15) is 6.26 Å². The van der Waals surface area contributed by atoms with Gasteiger partial charge in [-0.25, -0.2) is 0 Å². The number of guanidine groups is 1. The van der Waals surface area contributed by atoms with Gasteiger partial charge in [-0.3, -0.25) is 14.8 Å². The number of piperidine rings is 2. The third-order valence-corrected chi connectivity index (χ3v) is 7.35. The Hall–Kier alpha value is -1.64. The number of aromatic nitrogens is 1. The molecule has 4 heterocycles. The van der Waals surface area contributed by atoms with E-state index in [1.54, 1.807) is 6.26 Å². The molecule has 8 heteroatoms. The number of nitrogens with one attached hydrogen (secondary N) is 1. The van der Waals surface area contributed by atoms with Crippen molar-refractivity contribution in [1.82, 2.24) is 30.1 Å². The molecular formula is C23H41N7O.